The van der Waals surface area contributed by atoms with Crippen LogP contribution in [0.1, 0.15) is 51.9 Å². The quantitative estimate of drug-likeness (QED) is 0.632. The Kier molecular flexibility index (Phi) is 7.03. The largest absolute Gasteiger partial charge is 0.314 e. The van der Waals surface area contributed by atoms with E-state index < -0.39 is 0 Å². The molecule has 1 saturated heterocycles. The van der Waals surface area contributed by atoms with Gasteiger partial charge in [-0.3, -0.25) is 0 Å². The highest BCUT2D eigenvalue weighted by Gasteiger charge is 2.18. The summed E-state index contributed by atoms with van der Waals surface area (Å²) in [7, 11) is 0. The summed E-state index contributed by atoms with van der Waals surface area (Å²) in [5, 5.41) is 7.29. The molecule has 0 amide bonds. The lowest BCUT2D eigenvalue weighted by atomic mass is 10.0. The summed E-state index contributed by atoms with van der Waals surface area (Å²) in [4.78, 5) is 0. The van der Waals surface area contributed by atoms with E-state index in [1.54, 1.807) is 0 Å². The topological polar surface area (TPSA) is 24.1 Å². The normalized spacial score (nSPS) is 26.8. The van der Waals surface area contributed by atoms with Crippen molar-refractivity contribution < 1.29 is 0 Å². The molecule has 15 heavy (non-hydrogen) atoms. The zero-order chi connectivity index (χ0) is 10.9. The Bertz CT molecular complexity index is 145. The number of hydrogen-bond donors (Lipinski definition) is 2. The van der Waals surface area contributed by atoms with Crippen LogP contribution in [0.4, 0.5) is 0 Å². The molecule has 0 aliphatic carbocycles. The van der Waals surface area contributed by atoms with Crippen molar-refractivity contribution in [2.45, 2.75) is 64.0 Å². The maximum absolute atomic E-state index is 3.88. The predicted octanol–water partition coefficient (Wildman–Crippen LogP) is 2.50. The lowest BCUT2D eigenvalue weighted by Gasteiger charge is -2.32. The fraction of sp³-hybridized carbons (Fsp3) is 0.923. The highest BCUT2D eigenvalue weighted by molar-refractivity contribution is 4.83. The molecule has 0 aromatic heterocycles. The smallest absolute Gasteiger partial charge is 0.0195 e. The van der Waals surface area contributed by atoms with Crippen LogP contribution in [-0.4, -0.2) is 25.2 Å². The summed E-state index contributed by atoms with van der Waals surface area (Å²) < 4.78 is 0. The van der Waals surface area contributed by atoms with Crippen molar-refractivity contribution in [1.29, 1.82) is 0 Å². The van der Waals surface area contributed by atoms with Crippen LogP contribution in [0.25, 0.3) is 0 Å². The second kappa shape index (κ2) is 8.12. The Morgan fingerprint density at radius 1 is 1.07 bits per heavy atom. The first kappa shape index (κ1) is 13.0. The summed E-state index contributed by atoms with van der Waals surface area (Å²) in [6, 6.07) is 1.42. The summed E-state index contributed by atoms with van der Waals surface area (Å²) in [6.07, 6.45) is 9.00. The first-order chi connectivity index (χ1) is 7.36. The van der Waals surface area contributed by atoms with Crippen LogP contribution in [0, 0.1) is 6.92 Å². The van der Waals surface area contributed by atoms with E-state index in [9.17, 15) is 0 Å². The van der Waals surface area contributed by atoms with Crippen molar-refractivity contribution >= 4 is 0 Å². The van der Waals surface area contributed by atoms with Crippen molar-refractivity contribution in [3.8, 4) is 0 Å². The van der Waals surface area contributed by atoms with Crippen molar-refractivity contribution in [3.05, 3.63) is 6.92 Å². The van der Waals surface area contributed by atoms with Gasteiger partial charge in [0.25, 0.3) is 0 Å². The SMILES string of the molecule is [CH2]CCCCCC1CNCC(CCC)N1. The Labute approximate surface area is 95.2 Å². The molecular formula is C13H27N2. The van der Waals surface area contributed by atoms with Gasteiger partial charge in [-0.2, -0.15) is 0 Å². The van der Waals surface area contributed by atoms with Gasteiger partial charge in [-0.1, -0.05) is 46.0 Å². The molecule has 0 aromatic carbocycles. The second-order valence-corrected chi connectivity index (χ2v) is 4.71. The van der Waals surface area contributed by atoms with E-state index in [0.717, 1.165) is 19.5 Å². The Morgan fingerprint density at radius 3 is 2.47 bits per heavy atom. The van der Waals surface area contributed by atoms with Crippen molar-refractivity contribution in [3.63, 3.8) is 0 Å². The van der Waals surface area contributed by atoms with E-state index in [-0.39, 0.29) is 0 Å². The van der Waals surface area contributed by atoms with Gasteiger partial charge in [0.15, 0.2) is 0 Å². The van der Waals surface area contributed by atoms with Crippen molar-refractivity contribution in [2.75, 3.05) is 13.1 Å². The van der Waals surface area contributed by atoms with Crippen LogP contribution in [-0.2, 0) is 0 Å². The Morgan fingerprint density at radius 2 is 1.80 bits per heavy atom. The maximum Gasteiger partial charge on any atom is 0.0195 e. The van der Waals surface area contributed by atoms with Crippen LogP contribution < -0.4 is 10.6 Å². The first-order valence-electron chi connectivity index (χ1n) is 6.62. The molecular weight excluding hydrogens is 184 g/mol. The summed E-state index contributed by atoms with van der Waals surface area (Å²) in [5.74, 6) is 0. The third-order valence-electron chi connectivity index (χ3n) is 3.19. The molecule has 1 rings (SSSR count). The van der Waals surface area contributed by atoms with Gasteiger partial charge in [-0.15, -0.1) is 0 Å². The molecule has 2 unspecified atom stereocenters. The van der Waals surface area contributed by atoms with Crippen LogP contribution in [0.5, 0.6) is 0 Å². The van der Waals surface area contributed by atoms with Gasteiger partial charge >= 0.3 is 0 Å². The van der Waals surface area contributed by atoms with Crippen LogP contribution in [0.2, 0.25) is 0 Å². The van der Waals surface area contributed by atoms with Crippen LogP contribution >= 0.6 is 0 Å². The molecule has 1 radical (unpaired) electrons. The summed E-state index contributed by atoms with van der Waals surface area (Å²) in [5.41, 5.74) is 0. The van der Waals surface area contributed by atoms with Gasteiger partial charge < -0.3 is 10.6 Å². The van der Waals surface area contributed by atoms with Crippen molar-refractivity contribution in [2.24, 2.45) is 0 Å². The van der Waals surface area contributed by atoms with E-state index in [4.69, 9.17) is 0 Å². The average Bonchev–Trinajstić information content (AvgIpc) is 2.26. The van der Waals surface area contributed by atoms with Crippen LogP contribution in [0.15, 0.2) is 0 Å². The van der Waals surface area contributed by atoms with Gasteiger partial charge in [0.2, 0.25) is 0 Å². The molecule has 1 heterocycles. The van der Waals surface area contributed by atoms with E-state index in [0.29, 0.717) is 12.1 Å². The van der Waals surface area contributed by atoms with E-state index in [2.05, 4.69) is 24.5 Å². The Balaban J connectivity index is 2.07. The molecule has 89 valence electrons. The number of nitrogens with one attached hydrogen (secondary N) is 2. The predicted molar refractivity (Wildman–Crippen MR) is 66.9 cm³/mol. The fourth-order valence-electron chi connectivity index (χ4n) is 2.35. The van der Waals surface area contributed by atoms with Gasteiger partial charge in [0.1, 0.15) is 0 Å². The molecule has 1 aliphatic rings. The van der Waals surface area contributed by atoms with E-state index in [1.807, 2.05) is 0 Å². The maximum atomic E-state index is 3.88. The van der Waals surface area contributed by atoms with Gasteiger partial charge in [0.05, 0.1) is 0 Å². The third-order valence-corrected chi connectivity index (χ3v) is 3.19. The van der Waals surface area contributed by atoms with Gasteiger partial charge in [-0.05, 0) is 12.8 Å². The molecule has 0 aromatic rings. The fourth-order valence-corrected chi connectivity index (χ4v) is 2.35. The second-order valence-electron chi connectivity index (χ2n) is 4.71. The number of unbranched alkanes of at least 4 members (excludes halogenated alkanes) is 3. The van der Waals surface area contributed by atoms with E-state index in [1.165, 1.54) is 38.5 Å². The molecule has 2 nitrogen and oxygen atoms in total. The standard InChI is InChI=1S/C13H27N2/c1-3-5-6-7-9-13-11-14-10-12(15-13)8-4-2/h12-15H,1,3-11H2,2H3. The molecule has 0 spiro atoms. The van der Waals surface area contributed by atoms with Crippen molar-refractivity contribution in [1.82, 2.24) is 10.6 Å². The zero-order valence-corrected chi connectivity index (χ0v) is 10.2. The minimum Gasteiger partial charge on any atom is -0.314 e. The first-order valence-corrected chi connectivity index (χ1v) is 6.62. The molecule has 2 atom stereocenters. The number of rotatable bonds is 7. The molecule has 0 bridgehead atoms. The molecule has 0 saturated carbocycles. The third kappa shape index (κ3) is 5.53. The lowest BCUT2D eigenvalue weighted by Crippen LogP contribution is -2.54. The number of hydrogen-bond acceptors (Lipinski definition) is 2. The lowest BCUT2D eigenvalue weighted by molar-refractivity contribution is 0.307. The highest BCUT2D eigenvalue weighted by atomic mass is 15.1. The summed E-state index contributed by atoms with van der Waals surface area (Å²) in [6.45, 7) is 8.46. The molecule has 2 N–H and O–H groups in total. The van der Waals surface area contributed by atoms with Crippen LogP contribution in [0.3, 0.4) is 0 Å². The minimum atomic E-state index is 0.708. The minimum absolute atomic E-state index is 0.708. The summed E-state index contributed by atoms with van der Waals surface area (Å²) >= 11 is 0. The molecule has 1 fully saturated rings. The average molecular weight is 211 g/mol. The number of piperazine rings is 1. The monoisotopic (exact) mass is 211 g/mol. The Hall–Kier alpha value is -0.0800. The molecule has 1 aliphatic heterocycles. The highest BCUT2D eigenvalue weighted by Crippen LogP contribution is 2.09. The van der Waals surface area contributed by atoms with Gasteiger partial charge in [-0.25, -0.2) is 0 Å². The zero-order valence-electron chi connectivity index (χ0n) is 10.2. The van der Waals surface area contributed by atoms with E-state index >= 15 is 0 Å². The molecule has 2 heteroatoms. The van der Waals surface area contributed by atoms with Gasteiger partial charge in [0, 0.05) is 25.2 Å².